The first-order chi connectivity index (χ1) is 13.7. The number of hydrogen-bond acceptors (Lipinski definition) is 5. The van der Waals surface area contributed by atoms with Crippen molar-refractivity contribution in [3.63, 3.8) is 0 Å². The molecule has 0 aliphatic carbocycles. The van der Waals surface area contributed by atoms with E-state index in [1.54, 1.807) is 4.90 Å². The van der Waals surface area contributed by atoms with Crippen LogP contribution < -0.4 is 5.32 Å². The number of carbonyl (C=O) groups excluding carboxylic acids is 1. The zero-order valence-corrected chi connectivity index (χ0v) is 16.2. The van der Waals surface area contributed by atoms with Crippen molar-refractivity contribution in [3.05, 3.63) is 35.7 Å². The van der Waals surface area contributed by atoms with Gasteiger partial charge in [0.1, 0.15) is 0 Å². The van der Waals surface area contributed by atoms with Crippen molar-refractivity contribution in [2.75, 3.05) is 26.2 Å². The van der Waals surface area contributed by atoms with Crippen LogP contribution in [0.3, 0.4) is 0 Å². The van der Waals surface area contributed by atoms with E-state index in [0.717, 1.165) is 43.4 Å². The van der Waals surface area contributed by atoms with E-state index in [2.05, 4.69) is 21.4 Å². The van der Waals surface area contributed by atoms with Crippen molar-refractivity contribution in [1.29, 1.82) is 0 Å². The molecular formula is C21H26N4O3. The van der Waals surface area contributed by atoms with Crippen LogP contribution in [0.5, 0.6) is 0 Å². The minimum atomic E-state index is -0.150. The number of urea groups is 1. The first-order valence-corrected chi connectivity index (χ1v) is 9.69. The van der Waals surface area contributed by atoms with Crippen molar-refractivity contribution in [2.45, 2.75) is 38.7 Å². The van der Waals surface area contributed by atoms with Gasteiger partial charge in [0, 0.05) is 31.7 Å². The third kappa shape index (κ3) is 5.33. The molecule has 0 saturated carbocycles. The third-order valence-electron chi connectivity index (χ3n) is 4.69. The van der Waals surface area contributed by atoms with Crippen molar-refractivity contribution in [2.24, 2.45) is 0 Å². The maximum atomic E-state index is 12.4. The van der Waals surface area contributed by atoms with E-state index in [-0.39, 0.29) is 18.7 Å². The van der Waals surface area contributed by atoms with Gasteiger partial charge in [-0.3, -0.25) is 0 Å². The van der Waals surface area contributed by atoms with E-state index >= 15 is 0 Å². The SMILES string of the molecule is C#CCN(CC1CCCO1)C(=O)NCCc1ccc(-c2nc(CC)no2)cc1. The van der Waals surface area contributed by atoms with Crippen LogP contribution in [0.15, 0.2) is 28.8 Å². The number of amides is 2. The molecule has 1 fully saturated rings. The average molecular weight is 382 g/mol. The number of terminal acetylenes is 1. The number of carbonyl (C=O) groups is 1. The first-order valence-electron chi connectivity index (χ1n) is 9.69. The second kappa shape index (κ2) is 9.90. The summed E-state index contributed by atoms with van der Waals surface area (Å²) in [6.45, 7) is 4.09. The molecule has 1 unspecified atom stereocenters. The van der Waals surface area contributed by atoms with Crippen LogP contribution in [-0.2, 0) is 17.6 Å². The van der Waals surface area contributed by atoms with E-state index in [1.807, 2.05) is 31.2 Å². The zero-order chi connectivity index (χ0) is 19.8. The summed E-state index contributed by atoms with van der Waals surface area (Å²) in [5.41, 5.74) is 2.00. The molecule has 1 aliphatic heterocycles. The quantitative estimate of drug-likeness (QED) is 0.710. The number of ether oxygens (including phenoxy) is 1. The van der Waals surface area contributed by atoms with E-state index in [1.165, 1.54) is 0 Å². The minimum absolute atomic E-state index is 0.0876. The maximum absolute atomic E-state index is 12.4. The lowest BCUT2D eigenvalue weighted by molar-refractivity contribution is 0.0846. The van der Waals surface area contributed by atoms with E-state index in [0.29, 0.717) is 24.8 Å². The van der Waals surface area contributed by atoms with Gasteiger partial charge in [-0.2, -0.15) is 4.98 Å². The van der Waals surface area contributed by atoms with Crippen molar-refractivity contribution in [1.82, 2.24) is 20.4 Å². The molecule has 2 amide bonds. The third-order valence-corrected chi connectivity index (χ3v) is 4.69. The topological polar surface area (TPSA) is 80.5 Å². The number of rotatable bonds is 8. The summed E-state index contributed by atoms with van der Waals surface area (Å²) < 4.78 is 10.9. The molecule has 1 aliphatic rings. The van der Waals surface area contributed by atoms with Gasteiger partial charge >= 0.3 is 6.03 Å². The Kier molecular flexibility index (Phi) is 7.04. The molecule has 7 heteroatoms. The zero-order valence-electron chi connectivity index (χ0n) is 16.2. The smallest absolute Gasteiger partial charge is 0.318 e. The Morgan fingerprint density at radius 2 is 2.21 bits per heavy atom. The van der Waals surface area contributed by atoms with Gasteiger partial charge < -0.3 is 19.5 Å². The van der Waals surface area contributed by atoms with Crippen LogP contribution in [0.4, 0.5) is 4.79 Å². The van der Waals surface area contributed by atoms with Gasteiger partial charge in [-0.05, 0) is 37.0 Å². The molecule has 2 heterocycles. The second-order valence-corrected chi connectivity index (χ2v) is 6.77. The molecule has 28 heavy (non-hydrogen) atoms. The van der Waals surface area contributed by atoms with Crippen molar-refractivity contribution in [3.8, 4) is 23.8 Å². The normalized spacial score (nSPS) is 15.9. The van der Waals surface area contributed by atoms with Crippen molar-refractivity contribution >= 4 is 6.03 Å². The predicted octanol–water partition coefficient (Wildman–Crippen LogP) is 2.67. The molecule has 0 spiro atoms. The summed E-state index contributed by atoms with van der Waals surface area (Å²) in [7, 11) is 0. The fourth-order valence-electron chi connectivity index (χ4n) is 3.12. The molecule has 1 atom stereocenters. The standard InChI is InChI=1S/C21H26N4O3/c1-3-13-25(15-18-6-5-14-27-18)21(26)22-12-11-16-7-9-17(10-8-16)20-23-19(4-2)24-28-20/h1,7-10,18H,4-6,11-15H2,2H3,(H,22,26). The first kappa shape index (κ1) is 19.9. The van der Waals surface area contributed by atoms with Crippen LogP contribution >= 0.6 is 0 Å². The summed E-state index contributed by atoms with van der Waals surface area (Å²) in [6, 6.07) is 7.76. The monoisotopic (exact) mass is 382 g/mol. The van der Waals surface area contributed by atoms with Crippen molar-refractivity contribution < 1.29 is 14.1 Å². The largest absolute Gasteiger partial charge is 0.376 e. The Bertz CT molecular complexity index is 804. The molecule has 3 rings (SSSR count). The fourth-order valence-corrected chi connectivity index (χ4v) is 3.12. The van der Waals surface area contributed by atoms with E-state index in [9.17, 15) is 4.79 Å². The minimum Gasteiger partial charge on any atom is -0.376 e. The van der Waals surface area contributed by atoms with Crippen LogP contribution in [0.2, 0.25) is 0 Å². The molecule has 0 radical (unpaired) electrons. The number of aryl methyl sites for hydroxylation is 1. The highest BCUT2D eigenvalue weighted by atomic mass is 16.5. The Balaban J connectivity index is 1.47. The summed E-state index contributed by atoms with van der Waals surface area (Å²) in [5.74, 6) is 3.77. The Hall–Kier alpha value is -2.85. The number of benzene rings is 1. The van der Waals surface area contributed by atoms with E-state index < -0.39 is 0 Å². The van der Waals surface area contributed by atoms with Gasteiger partial charge in [0.25, 0.3) is 5.89 Å². The van der Waals surface area contributed by atoms with Gasteiger partial charge in [0.2, 0.25) is 0 Å². The van der Waals surface area contributed by atoms with Gasteiger partial charge in [-0.15, -0.1) is 6.42 Å². The number of nitrogens with one attached hydrogen (secondary N) is 1. The van der Waals surface area contributed by atoms with Gasteiger partial charge in [-0.1, -0.05) is 30.1 Å². The predicted molar refractivity (Wildman–Crippen MR) is 106 cm³/mol. The summed E-state index contributed by atoms with van der Waals surface area (Å²) in [4.78, 5) is 18.4. The van der Waals surface area contributed by atoms with Crippen LogP contribution in [0.1, 0.15) is 31.2 Å². The molecule has 1 N–H and O–H groups in total. The fraction of sp³-hybridized carbons (Fsp3) is 0.476. The number of hydrogen-bond donors (Lipinski definition) is 1. The maximum Gasteiger partial charge on any atom is 0.318 e. The molecule has 148 valence electrons. The van der Waals surface area contributed by atoms with Gasteiger partial charge in [0.15, 0.2) is 5.82 Å². The highest BCUT2D eigenvalue weighted by Crippen LogP contribution is 2.18. The molecule has 1 aromatic heterocycles. The van der Waals surface area contributed by atoms with Crippen LogP contribution in [0, 0.1) is 12.3 Å². The van der Waals surface area contributed by atoms with Crippen LogP contribution in [-0.4, -0.2) is 53.4 Å². The molecule has 1 aromatic carbocycles. The van der Waals surface area contributed by atoms with Gasteiger partial charge in [-0.25, -0.2) is 4.79 Å². The molecule has 1 saturated heterocycles. The molecular weight excluding hydrogens is 356 g/mol. The molecule has 7 nitrogen and oxygen atoms in total. The average Bonchev–Trinajstić information content (AvgIpc) is 3.40. The van der Waals surface area contributed by atoms with Crippen LogP contribution in [0.25, 0.3) is 11.5 Å². The Labute approximate surface area is 165 Å². The van der Waals surface area contributed by atoms with E-state index in [4.69, 9.17) is 15.7 Å². The Morgan fingerprint density at radius 3 is 2.86 bits per heavy atom. The highest BCUT2D eigenvalue weighted by molar-refractivity contribution is 5.74. The molecule has 2 aromatic rings. The number of nitrogens with zero attached hydrogens (tertiary/aromatic N) is 3. The lowest BCUT2D eigenvalue weighted by Crippen LogP contribution is -2.44. The molecule has 0 bridgehead atoms. The lowest BCUT2D eigenvalue weighted by atomic mass is 10.1. The highest BCUT2D eigenvalue weighted by Gasteiger charge is 2.21. The summed E-state index contributed by atoms with van der Waals surface area (Å²) in [6.07, 6.45) is 8.96. The second-order valence-electron chi connectivity index (χ2n) is 6.77. The lowest BCUT2D eigenvalue weighted by Gasteiger charge is -2.23. The number of aromatic nitrogens is 2. The summed E-state index contributed by atoms with van der Waals surface area (Å²) in [5, 5.41) is 6.85. The summed E-state index contributed by atoms with van der Waals surface area (Å²) >= 11 is 0. The Morgan fingerprint density at radius 1 is 1.39 bits per heavy atom. The van der Waals surface area contributed by atoms with Gasteiger partial charge in [0.05, 0.1) is 12.6 Å².